The molecule has 0 atom stereocenters. The molecule has 0 unspecified atom stereocenters. The van der Waals surface area contributed by atoms with Crippen LogP contribution in [-0.2, 0) is 19.1 Å². The minimum absolute atomic E-state index is 0.0772. The van der Waals surface area contributed by atoms with E-state index < -0.39 is 24.5 Å². The van der Waals surface area contributed by atoms with E-state index in [9.17, 15) is 19.2 Å². The Morgan fingerprint density at radius 3 is 2.50 bits per heavy atom. The fourth-order valence-corrected chi connectivity index (χ4v) is 1.53. The molecule has 0 fully saturated rings. The maximum atomic E-state index is 11.6. The second kappa shape index (κ2) is 10.5. The molecule has 8 heteroatoms. The standard InChI is InChI=1S/C16H19N3O5/c1-17-16(23)19-14(21)11-24-15(22)9-10-18-13(20)8-7-12-5-3-2-4-6-12/h2-8H,9-11H2,1H3,(H,18,20)(H2,17,19,21,23)/b8-7+. The summed E-state index contributed by atoms with van der Waals surface area (Å²) in [6, 6.07) is 8.60. The number of carbonyl (C=O) groups excluding carboxylic acids is 4. The second-order valence-corrected chi connectivity index (χ2v) is 4.57. The first-order valence-corrected chi connectivity index (χ1v) is 7.19. The van der Waals surface area contributed by atoms with Gasteiger partial charge in [-0.1, -0.05) is 30.3 Å². The van der Waals surface area contributed by atoms with Crippen LogP contribution in [0.1, 0.15) is 12.0 Å². The van der Waals surface area contributed by atoms with Crippen molar-refractivity contribution in [2.45, 2.75) is 6.42 Å². The molecule has 0 spiro atoms. The van der Waals surface area contributed by atoms with Gasteiger partial charge in [-0.3, -0.25) is 19.7 Å². The van der Waals surface area contributed by atoms with Crippen molar-refractivity contribution < 1.29 is 23.9 Å². The van der Waals surface area contributed by atoms with E-state index in [0.717, 1.165) is 5.56 Å². The number of benzene rings is 1. The first-order valence-electron chi connectivity index (χ1n) is 7.19. The molecule has 8 nitrogen and oxygen atoms in total. The summed E-state index contributed by atoms with van der Waals surface area (Å²) in [5.74, 6) is -1.74. The molecule has 24 heavy (non-hydrogen) atoms. The summed E-state index contributed by atoms with van der Waals surface area (Å²) >= 11 is 0. The Morgan fingerprint density at radius 2 is 1.83 bits per heavy atom. The van der Waals surface area contributed by atoms with Crippen molar-refractivity contribution in [2.24, 2.45) is 0 Å². The smallest absolute Gasteiger partial charge is 0.321 e. The summed E-state index contributed by atoms with van der Waals surface area (Å²) in [7, 11) is 1.35. The number of hydrogen-bond acceptors (Lipinski definition) is 5. The average molecular weight is 333 g/mol. The van der Waals surface area contributed by atoms with Gasteiger partial charge < -0.3 is 15.4 Å². The van der Waals surface area contributed by atoms with Crippen molar-refractivity contribution >= 4 is 29.9 Å². The minimum atomic E-state index is -0.738. The van der Waals surface area contributed by atoms with Crippen LogP contribution in [0.5, 0.6) is 0 Å². The van der Waals surface area contributed by atoms with Crippen molar-refractivity contribution in [3.8, 4) is 0 Å². The van der Waals surface area contributed by atoms with Gasteiger partial charge in [-0.2, -0.15) is 0 Å². The quantitative estimate of drug-likeness (QED) is 0.487. The monoisotopic (exact) mass is 333 g/mol. The number of rotatable bonds is 7. The first-order chi connectivity index (χ1) is 11.5. The van der Waals surface area contributed by atoms with E-state index in [0.29, 0.717) is 0 Å². The van der Waals surface area contributed by atoms with Gasteiger partial charge in [-0.15, -0.1) is 0 Å². The third-order valence-corrected chi connectivity index (χ3v) is 2.70. The molecule has 0 saturated heterocycles. The predicted octanol–water partition coefficient (Wildman–Crippen LogP) is 0.205. The first kappa shape index (κ1) is 18.9. The van der Waals surface area contributed by atoms with Crippen LogP contribution in [0.2, 0.25) is 0 Å². The fraction of sp³-hybridized carbons (Fsp3) is 0.250. The lowest BCUT2D eigenvalue weighted by molar-refractivity contribution is -0.148. The summed E-state index contributed by atoms with van der Waals surface area (Å²) in [6.07, 6.45) is 2.92. The van der Waals surface area contributed by atoms with E-state index >= 15 is 0 Å². The third kappa shape index (κ3) is 8.32. The maximum Gasteiger partial charge on any atom is 0.321 e. The van der Waals surface area contributed by atoms with Crippen LogP contribution in [0.15, 0.2) is 36.4 Å². The summed E-state index contributed by atoms with van der Waals surface area (Å²) in [6.45, 7) is -0.484. The number of nitrogens with one attached hydrogen (secondary N) is 3. The Balaban J connectivity index is 2.18. The van der Waals surface area contributed by atoms with Crippen molar-refractivity contribution in [3.63, 3.8) is 0 Å². The molecule has 0 aliphatic heterocycles. The number of amides is 4. The summed E-state index contributed by atoms with van der Waals surface area (Å²) < 4.78 is 4.66. The van der Waals surface area contributed by atoms with Crippen molar-refractivity contribution in [1.82, 2.24) is 16.0 Å². The molecule has 128 valence electrons. The highest BCUT2D eigenvalue weighted by Crippen LogP contribution is 2.00. The topological polar surface area (TPSA) is 114 Å². The highest BCUT2D eigenvalue weighted by atomic mass is 16.5. The SMILES string of the molecule is CNC(=O)NC(=O)COC(=O)CCNC(=O)/C=C/c1ccccc1. The molecule has 0 bridgehead atoms. The molecular formula is C16H19N3O5. The Morgan fingerprint density at radius 1 is 1.12 bits per heavy atom. The van der Waals surface area contributed by atoms with Gasteiger partial charge in [0.05, 0.1) is 6.42 Å². The Kier molecular flexibility index (Phi) is 8.30. The van der Waals surface area contributed by atoms with Gasteiger partial charge >= 0.3 is 12.0 Å². The normalized spacial score (nSPS) is 10.0. The van der Waals surface area contributed by atoms with Crippen molar-refractivity contribution in [1.29, 1.82) is 0 Å². The van der Waals surface area contributed by atoms with Crippen LogP contribution < -0.4 is 16.0 Å². The predicted molar refractivity (Wildman–Crippen MR) is 86.7 cm³/mol. The number of carbonyl (C=O) groups is 4. The molecule has 1 aromatic rings. The summed E-state index contributed by atoms with van der Waals surface area (Å²) in [5, 5.41) is 6.66. The number of urea groups is 1. The van der Waals surface area contributed by atoms with Crippen LogP contribution in [0, 0.1) is 0 Å². The minimum Gasteiger partial charge on any atom is -0.456 e. The zero-order valence-electron chi connectivity index (χ0n) is 13.2. The van der Waals surface area contributed by atoms with E-state index in [1.54, 1.807) is 6.08 Å². The number of ether oxygens (including phenoxy) is 1. The lowest BCUT2D eigenvalue weighted by Gasteiger charge is -2.05. The van der Waals surface area contributed by atoms with Crippen LogP contribution in [0.25, 0.3) is 6.08 Å². The van der Waals surface area contributed by atoms with Crippen molar-refractivity contribution in [3.05, 3.63) is 42.0 Å². The Labute approximate surface area is 139 Å². The van der Waals surface area contributed by atoms with Crippen LogP contribution in [0.3, 0.4) is 0 Å². The number of hydrogen-bond donors (Lipinski definition) is 3. The van der Waals surface area contributed by atoms with Crippen LogP contribution in [0.4, 0.5) is 4.79 Å². The molecule has 1 rings (SSSR count). The van der Waals surface area contributed by atoms with Crippen LogP contribution >= 0.6 is 0 Å². The molecular weight excluding hydrogens is 314 g/mol. The molecule has 3 N–H and O–H groups in total. The molecule has 0 heterocycles. The zero-order valence-corrected chi connectivity index (χ0v) is 13.2. The van der Waals surface area contributed by atoms with E-state index in [1.807, 2.05) is 35.6 Å². The molecule has 4 amide bonds. The fourth-order valence-electron chi connectivity index (χ4n) is 1.53. The van der Waals surface area contributed by atoms with E-state index in [2.05, 4.69) is 15.4 Å². The largest absolute Gasteiger partial charge is 0.456 e. The molecule has 1 aromatic carbocycles. The van der Waals surface area contributed by atoms with E-state index in [1.165, 1.54) is 13.1 Å². The molecule has 0 aliphatic rings. The van der Waals surface area contributed by atoms with Gasteiger partial charge in [-0.05, 0) is 11.6 Å². The average Bonchev–Trinajstić information content (AvgIpc) is 2.59. The third-order valence-electron chi connectivity index (χ3n) is 2.70. The van der Waals surface area contributed by atoms with Crippen LogP contribution in [-0.4, -0.2) is 44.0 Å². The highest BCUT2D eigenvalue weighted by Gasteiger charge is 2.09. The zero-order chi connectivity index (χ0) is 17.8. The lowest BCUT2D eigenvalue weighted by Crippen LogP contribution is -2.39. The van der Waals surface area contributed by atoms with Gasteiger partial charge in [0.1, 0.15) is 0 Å². The second-order valence-electron chi connectivity index (χ2n) is 4.57. The van der Waals surface area contributed by atoms with Gasteiger partial charge in [0.25, 0.3) is 5.91 Å². The Hall–Kier alpha value is -3.16. The van der Waals surface area contributed by atoms with Gasteiger partial charge in [0.15, 0.2) is 6.61 Å². The molecule has 0 radical (unpaired) electrons. The van der Waals surface area contributed by atoms with Gasteiger partial charge in [0.2, 0.25) is 5.91 Å². The van der Waals surface area contributed by atoms with E-state index in [4.69, 9.17) is 0 Å². The number of esters is 1. The lowest BCUT2D eigenvalue weighted by atomic mass is 10.2. The summed E-state index contributed by atoms with van der Waals surface area (Å²) in [4.78, 5) is 45.0. The van der Waals surface area contributed by atoms with Gasteiger partial charge in [0, 0.05) is 19.7 Å². The van der Waals surface area contributed by atoms with Crippen molar-refractivity contribution in [2.75, 3.05) is 20.2 Å². The highest BCUT2D eigenvalue weighted by molar-refractivity contribution is 5.95. The van der Waals surface area contributed by atoms with E-state index in [-0.39, 0.29) is 18.9 Å². The summed E-state index contributed by atoms with van der Waals surface area (Å²) in [5.41, 5.74) is 0.884. The maximum absolute atomic E-state index is 11.6. The molecule has 0 aliphatic carbocycles. The van der Waals surface area contributed by atoms with Gasteiger partial charge in [-0.25, -0.2) is 4.79 Å². The molecule has 0 aromatic heterocycles. The Bertz CT molecular complexity index is 613. The molecule has 0 saturated carbocycles. The number of imide groups is 1.